The highest BCUT2D eigenvalue weighted by Gasteiger charge is 2.19. The zero-order valence-electron chi connectivity index (χ0n) is 12.3. The van der Waals surface area contributed by atoms with Gasteiger partial charge in [0.1, 0.15) is 0 Å². The summed E-state index contributed by atoms with van der Waals surface area (Å²) in [6.07, 6.45) is 10.5. The zero-order chi connectivity index (χ0) is 13.9. The van der Waals surface area contributed by atoms with Gasteiger partial charge in [-0.05, 0) is 62.4 Å². The van der Waals surface area contributed by atoms with Gasteiger partial charge >= 0.3 is 0 Å². The van der Waals surface area contributed by atoms with Crippen LogP contribution in [0, 0.1) is 6.92 Å². The molecule has 2 aromatic heterocycles. The number of hydrogen-bond donors (Lipinski definition) is 1. The molecule has 1 atom stereocenters. The molecule has 1 unspecified atom stereocenters. The maximum absolute atomic E-state index is 4.34. The maximum Gasteiger partial charge on any atom is 0.0683 e. The smallest absolute Gasteiger partial charge is 0.0683 e. The van der Waals surface area contributed by atoms with Crippen LogP contribution in [0.15, 0.2) is 24.5 Å². The summed E-state index contributed by atoms with van der Waals surface area (Å²) in [6.45, 7) is 2.10. The van der Waals surface area contributed by atoms with E-state index in [2.05, 4.69) is 29.4 Å². The van der Waals surface area contributed by atoms with Crippen molar-refractivity contribution in [1.29, 1.82) is 0 Å². The Morgan fingerprint density at radius 3 is 2.80 bits per heavy atom. The van der Waals surface area contributed by atoms with Gasteiger partial charge in [0.15, 0.2) is 0 Å². The molecule has 0 aromatic carbocycles. The van der Waals surface area contributed by atoms with Gasteiger partial charge in [-0.3, -0.25) is 4.98 Å². The summed E-state index contributed by atoms with van der Waals surface area (Å²) in [5.41, 5.74) is 4.08. The minimum Gasteiger partial charge on any atom is -0.309 e. The van der Waals surface area contributed by atoms with E-state index >= 15 is 0 Å². The van der Waals surface area contributed by atoms with Crippen LogP contribution < -0.4 is 5.32 Å². The highest BCUT2D eigenvalue weighted by molar-refractivity contribution is 7.12. The Labute approximate surface area is 125 Å². The predicted molar refractivity (Wildman–Crippen MR) is 85.5 cm³/mol. The summed E-state index contributed by atoms with van der Waals surface area (Å²) in [5, 5.41) is 3.46. The molecule has 0 amide bonds. The summed E-state index contributed by atoms with van der Waals surface area (Å²) in [4.78, 5) is 7.39. The second kappa shape index (κ2) is 6.06. The lowest BCUT2D eigenvalue weighted by molar-refractivity contribution is 0.695. The van der Waals surface area contributed by atoms with E-state index < -0.39 is 0 Å². The molecule has 1 aliphatic carbocycles. The van der Waals surface area contributed by atoms with E-state index in [0.717, 1.165) is 0 Å². The van der Waals surface area contributed by atoms with Gasteiger partial charge in [0.2, 0.25) is 0 Å². The molecule has 2 nitrogen and oxygen atoms in total. The number of aryl methyl sites for hydroxylation is 3. The van der Waals surface area contributed by atoms with Crippen molar-refractivity contribution < 1.29 is 0 Å². The minimum absolute atomic E-state index is 0.277. The van der Waals surface area contributed by atoms with Crippen LogP contribution in [0.2, 0.25) is 0 Å². The molecule has 1 N–H and O–H groups in total. The first-order valence-corrected chi connectivity index (χ1v) is 8.30. The van der Waals surface area contributed by atoms with Gasteiger partial charge in [0.05, 0.1) is 6.04 Å². The first-order chi connectivity index (χ1) is 9.78. The number of nitrogens with zero attached hydrogens (tertiary/aromatic N) is 1. The average Bonchev–Trinajstić information content (AvgIpc) is 2.70. The molecule has 3 heteroatoms. The first-order valence-electron chi connectivity index (χ1n) is 7.48. The third-order valence-corrected chi connectivity index (χ3v) is 5.37. The third-order valence-electron chi connectivity index (χ3n) is 4.07. The van der Waals surface area contributed by atoms with E-state index in [1.54, 1.807) is 10.4 Å². The number of rotatable bonds is 3. The van der Waals surface area contributed by atoms with Crippen LogP contribution in [0.25, 0.3) is 0 Å². The summed E-state index contributed by atoms with van der Waals surface area (Å²) in [5.74, 6) is 0. The standard InChI is InChI=1S/C17H22N2S/c1-12-8-14(11-19-10-12)17(18-2)16-9-13-6-4-3-5-7-15(13)20-16/h8-11,17-18H,3-7H2,1-2H3. The number of hydrogen-bond acceptors (Lipinski definition) is 3. The third kappa shape index (κ3) is 2.79. The number of fused-ring (bicyclic) bond motifs is 1. The number of thiophene rings is 1. The fraction of sp³-hybridized carbons (Fsp3) is 0.471. The SMILES string of the molecule is CNC(c1cncc(C)c1)c1cc2c(s1)CCCCC2. The van der Waals surface area contributed by atoms with Gasteiger partial charge in [-0.2, -0.15) is 0 Å². The van der Waals surface area contributed by atoms with Crippen molar-refractivity contribution in [3.8, 4) is 0 Å². The summed E-state index contributed by atoms with van der Waals surface area (Å²) >= 11 is 1.99. The monoisotopic (exact) mass is 286 g/mol. The molecule has 0 saturated carbocycles. The highest BCUT2D eigenvalue weighted by Crippen LogP contribution is 2.34. The minimum atomic E-state index is 0.277. The summed E-state index contributed by atoms with van der Waals surface area (Å²) in [6, 6.07) is 4.94. The molecule has 0 saturated heterocycles. The molecule has 106 valence electrons. The van der Waals surface area contributed by atoms with Gasteiger partial charge in [-0.25, -0.2) is 0 Å². The predicted octanol–water partition coefficient (Wildman–Crippen LogP) is 4.03. The Hall–Kier alpha value is -1.19. The molecule has 0 radical (unpaired) electrons. The molecular weight excluding hydrogens is 264 g/mol. The van der Waals surface area contributed by atoms with Crippen molar-refractivity contribution >= 4 is 11.3 Å². The summed E-state index contributed by atoms with van der Waals surface area (Å²) < 4.78 is 0. The Kier molecular flexibility index (Phi) is 4.18. The van der Waals surface area contributed by atoms with Crippen molar-refractivity contribution in [3.05, 3.63) is 51.0 Å². The molecule has 3 rings (SSSR count). The van der Waals surface area contributed by atoms with E-state index in [-0.39, 0.29) is 6.04 Å². The largest absolute Gasteiger partial charge is 0.309 e. The van der Waals surface area contributed by atoms with E-state index in [9.17, 15) is 0 Å². The van der Waals surface area contributed by atoms with Gasteiger partial charge in [-0.1, -0.05) is 12.5 Å². The first kappa shape index (κ1) is 13.8. The molecule has 0 spiro atoms. The lowest BCUT2D eigenvalue weighted by atomic mass is 10.0. The second-order valence-corrected chi connectivity index (χ2v) is 6.84. The van der Waals surface area contributed by atoms with Gasteiger partial charge in [0, 0.05) is 22.1 Å². The van der Waals surface area contributed by atoms with Crippen LogP contribution in [-0.4, -0.2) is 12.0 Å². The van der Waals surface area contributed by atoms with Crippen molar-refractivity contribution in [3.63, 3.8) is 0 Å². The van der Waals surface area contributed by atoms with Crippen LogP contribution >= 0.6 is 11.3 Å². The maximum atomic E-state index is 4.34. The Bertz CT molecular complexity index is 565. The number of pyridine rings is 1. The van der Waals surface area contributed by atoms with Crippen molar-refractivity contribution in [2.75, 3.05) is 7.05 Å². The van der Waals surface area contributed by atoms with E-state index in [1.165, 1.54) is 48.1 Å². The molecular formula is C17H22N2S. The Morgan fingerprint density at radius 2 is 2.00 bits per heavy atom. The Morgan fingerprint density at radius 1 is 1.15 bits per heavy atom. The molecule has 2 heterocycles. The average molecular weight is 286 g/mol. The van der Waals surface area contributed by atoms with Crippen LogP contribution in [0.3, 0.4) is 0 Å². The second-order valence-electron chi connectivity index (χ2n) is 5.68. The molecule has 20 heavy (non-hydrogen) atoms. The van der Waals surface area contributed by atoms with Crippen molar-refractivity contribution in [1.82, 2.24) is 10.3 Å². The fourth-order valence-electron chi connectivity index (χ4n) is 3.04. The number of nitrogens with one attached hydrogen (secondary N) is 1. The van der Waals surface area contributed by atoms with E-state index in [0.29, 0.717) is 0 Å². The molecule has 2 aromatic rings. The Balaban J connectivity index is 1.93. The van der Waals surface area contributed by atoms with Crippen LogP contribution in [0.1, 0.15) is 51.7 Å². The zero-order valence-corrected chi connectivity index (χ0v) is 13.1. The van der Waals surface area contributed by atoms with Gasteiger partial charge < -0.3 is 5.32 Å². The topological polar surface area (TPSA) is 24.9 Å². The van der Waals surface area contributed by atoms with Crippen LogP contribution in [0.4, 0.5) is 0 Å². The fourth-order valence-corrected chi connectivity index (χ4v) is 4.44. The lowest BCUT2D eigenvalue weighted by Crippen LogP contribution is -2.16. The van der Waals surface area contributed by atoms with E-state index in [4.69, 9.17) is 0 Å². The van der Waals surface area contributed by atoms with E-state index in [1.807, 2.05) is 30.8 Å². The molecule has 0 bridgehead atoms. The normalized spacial score (nSPS) is 16.5. The molecule has 1 aliphatic rings. The van der Waals surface area contributed by atoms with Crippen LogP contribution in [0.5, 0.6) is 0 Å². The van der Waals surface area contributed by atoms with Gasteiger partial charge in [0.25, 0.3) is 0 Å². The molecule has 0 aliphatic heterocycles. The highest BCUT2D eigenvalue weighted by atomic mass is 32.1. The van der Waals surface area contributed by atoms with Crippen LogP contribution in [-0.2, 0) is 12.8 Å². The van der Waals surface area contributed by atoms with Crippen molar-refractivity contribution in [2.45, 2.75) is 45.1 Å². The molecule has 0 fully saturated rings. The number of aromatic nitrogens is 1. The quantitative estimate of drug-likeness (QED) is 0.862. The van der Waals surface area contributed by atoms with Crippen molar-refractivity contribution in [2.24, 2.45) is 0 Å². The van der Waals surface area contributed by atoms with Gasteiger partial charge in [-0.15, -0.1) is 11.3 Å². The lowest BCUT2D eigenvalue weighted by Gasteiger charge is -2.15. The summed E-state index contributed by atoms with van der Waals surface area (Å²) in [7, 11) is 2.04.